The van der Waals surface area contributed by atoms with Crippen LogP contribution < -0.4 is 0 Å². The quantitative estimate of drug-likeness (QED) is 0.495. The molecule has 0 bridgehead atoms. The molecule has 0 atom stereocenters. The maximum atomic E-state index is 10.5. The van der Waals surface area contributed by atoms with Gasteiger partial charge in [0.25, 0.3) is 5.69 Å². The highest BCUT2D eigenvalue weighted by molar-refractivity contribution is 5.55. The second-order valence-corrected chi connectivity index (χ2v) is 2.38. The minimum Gasteiger partial charge on any atom is -0.258 e. The standard InChI is InChI=1S/C8H8N2O2/c1-3-7-8(10(11)12)4-6(2)5-9-7/h3-5H,1H2,2H3. The fourth-order valence-corrected chi connectivity index (χ4v) is 0.868. The number of hydrogen-bond donors (Lipinski definition) is 0. The zero-order valence-electron chi connectivity index (χ0n) is 6.65. The Morgan fingerprint density at radius 1 is 1.75 bits per heavy atom. The van der Waals surface area contributed by atoms with Crippen molar-refractivity contribution in [1.29, 1.82) is 0 Å². The lowest BCUT2D eigenvalue weighted by Crippen LogP contribution is -1.94. The van der Waals surface area contributed by atoms with Gasteiger partial charge in [-0.2, -0.15) is 0 Å². The third-order valence-corrected chi connectivity index (χ3v) is 1.42. The first-order valence-electron chi connectivity index (χ1n) is 3.38. The van der Waals surface area contributed by atoms with Crippen LogP contribution in [0.5, 0.6) is 0 Å². The van der Waals surface area contributed by atoms with Crippen LogP contribution in [0.2, 0.25) is 0 Å². The van der Waals surface area contributed by atoms with Gasteiger partial charge in [0.1, 0.15) is 5.69 Å². The number of pyridine rings is 1. The second-order valence-electron chi connectivity index (χ2n) is 2.38. The molecule has 0 amide bonds. The highest BCUT2D eigenvalue weighted by atomic mass is 16.6. The van der Waals surface area contributed by atoms with E-state index in [1.54, 1.807) is 13.1 Å². The molecule has 0 saturated carbocycles. The summed E-state index contributed by atoms with van der Waals surface area (Å²) in [5, 5.41) is 10.5. The molecule has 0 aromatic carbocycles. The van der Waals surface area contributed by atoms with E-state index < -0.39 is 4.92 Å². The van der Waals surface area contributed by atoms with Gasteiger partial charge in [-0.05, 0) is 18.6 Å². The van der Waals surface area contributed by atoms with E-state index in [0.29, 0.717) is 5.69 Å². The predicted octanol–water partition coefficient (Wildman–Crippen LogP) is 1.94. The Kier molecular flexibility index (Phi) is 2.19. The molecule has 1 rings (SSSR count). The van der Waals surface area contributed by atoms with Crippen LogP contribution in [-0.4, -0.2) is 9.91 Å². The summed E-state index contributed by atoms with van der Waals surface area (Å²) in [5.41, 5.74) is 1.09. The highest BCUT2D eigenvalue weighted by Gasteiger charge is 2.11. The lowest BCUT2D eigenvalue weighted by molar-refractivity contribution is -0.385. The molecule has 1 heterocycles. The number of nitrogens with zero attached hydrogens (tertiary/aromatic N) is 2. The van der Waals surface area contributed by atoms with Crippen LogP contribution in [0.15, 0.2) is 18.8 Å². The summed E-state index contributed by atoms with van der Waals surface area (Å²) in [7, 11) is 0. The summed E-state index contributed by atoms with van der Waals surface area (Å²) in [6.07, 6.45) is 2.95. The minimum atomic E-state index is -0.461. The lowest BCUT2D eigenvalue weighted by atomic mass is 10.2. The van der Waals surface area contributed by atoms with E-state index in [1.165, 1.54) is 12.1 Å². The van der Waals surface area contributed by atoms with Crippen molar-refractivity contribution in [2.75, 3.05) is 0 Å². The Labute approximate surface area is 69.7 Å². The largest absolute Gasteiger partial charge is 0.295 e. The Hall–Kier alpha value is -1.71. The third-order valence-electron chi connectivity index (χ3n) is 1.42. The monoisotopic (exact) mass is 164 g/mol. The van der Waals surface area contributed by atoms with Crippen LogP contribution in [0.4, 0.5) is 5.69 Å². The molecule has 0 unspecified atom stereocenters. The van der Waals surface area contributed by atoms with Gasteiger partial charge in [-0.25, -0.2) is 4.98 Å². The summed E-state index contributed by atoms with van der Waals surface area (Å²) >= 11 is 0. The van der Waals surface area contributed by atoms with E-state index in [1.807, 2.05) is 0 Å². The summed E-state index contributed by atoms with van der Waals surface area (Å²) in [6.45, 7) is 5.19. The van der Waals surface area contributed by atoms with Gasteiger partial charge in [0.2, 0.25) is 0 Å². The fourth-order valence-electron chi connectivity index (χ4n) is 0.868. The van der Waals surface area contributed by atoms with Crippen molar-refractivity contribution in [2.45, 2.75) is 6.92 Å². The molecule has 4 nitrogen and oxygen atoms in total. The van der Waals surface area contributed by atoms with Gasteiger partial charge >= 0.3 is 0 Å². The van der Waals surface area contributed by atoms with Gasteiger partial charge in [0.05, 0.1) is 4.92 Å². The minimum absolute atomic E-state index is 0.00463. The molecule has 0 aliphatic carbocycles. The van der Waals surface area contributed by atoms with Gasteiger partial charge in [0.15, 0.2) is 0 Å². The van der Waals surface area contributed by atoms with E-state index in [0.717, 1.165) is 5.56 Å². The van der Waals surface area contributed by atoms with Crippen LogP contribution in [0, 0.1) is 17.0 Å². The van der Waals surface area contributed by atoms with Crippen molar-refractivity contribution < 1.29 is 4.92 Å². The Morgan fingerprint density at radius 3 is 2.92 bits per heavy atom. The first kappa shape index (κ1) is 8.39. The van der Waals surface area contributed by atoms with Crippen molar-refractivity contribution in [2.24, 2.45) is 0 Å². The van der Waals surface area contributed by atoms with Crippen molar-refractivity contribution in [3.63, 3.8) is 0 Å². The average Bonchev–Trinajstić information content (AvgIpc) is 2.04. The molecule has 0 fully saturated rings. The molecule has 0 spiro atoms. The molecule has 1 aromatic rings. The predicted molar refractivity (Wildman–Crippen MR) is 45.7 cm³/mol. The van der Waals surface area contributed by atoms with Crippen LogP contribution in [0.1, 0.15) is 11.3 Å². The summed E-state index contributed by atoms with van der Waals surface area (Å²) in [4.78, 5) is 13.8. The van der Waals surface area contributed by atoms with Crippen molar-refractivity contribution in [3.8, 4) is 0 Å². The molecule has 0 aliphatic heterocycles. The van der Waals surface area contributed by atoms with E-state index in [4.69, 9.17) is 0 Å². The van der Waals surface area contributed by atoms with E-state index in [-0.39, 0.29) is 5.69 Å². The topological polar surface area (TPSA) is 56.0 Å². The normalized spacial score (nSPS) is 9.42. The van der Waals surface area contributed by atoms with Gasteiger partial charge in [0, 0.05) is 12.3 Å². The molecule has 1 aromatic heterocycles. The molecule has 0 N–H and O–H groups in total. The maximum Gasteiger partial charge on any atom is 0.295 e. The lowest BCUT2D eigenvalue weighted by Gasteiger charge is -1.96. The van der Waals surface area contributed by atoms with Crippen LogP contribution in [0.3, 0.4) is 0 Å². The Balaban J connectivity index is 3.30. The van der Waals surface area contributed by atoms with Crippen LogP contribution >= 0.6 is 0 Å². The Bertz CT molecular complexity index is 334. The van der Waals surface area contributed by atoms with Gasteiger partial charge in [-0.15, -0.1) is 0 Å². The zero-order valence-corrected chi connectivity index (χ0v) is 6.65. The first-order valence-corrected chi connectivity index (χ1v) is 3.38. The highest BCUT2D eigenvalue weighted by Crippen LogP contribution is 2.17. The van der Waals surface area contributed by atoms with Crippen molar-refractivity contribution >= 4 is 11.8 Å². The number of hydrogen-bond acceptors (Lipinski definition) is 3. The molecular formula is C8H8N2O2. The molecule has 4 heteroatoms. The molecule has 62 valence electrons. The van der Waals surface area contributed by atoms with Crippen molar-refractivity contribution in [1.82, 2.24) is 4.98 Å². The molecule has 0 saturated heterocycles. The zero-order chi connectivity index (χ0) is 9.14. The second kappa shape index (κ2) is 3.13. The smallest absolute Gasteiger partial charge is 0.258 e. The molecule has 0 radical (unpaired) electrons. The molecule has 0 aliphatic rings. The van der Waals surface area contributed by atoms with Gasteiger partial charge < -0.3 is 0 Å². The molecular weight excluding hydrogens is 156 g/mol. The van der Waals surface area contributed by atoms with Crippen molar-refractivity contribution in [3.05, 3.63) is 40.2 Å². The first-order chi connectivity index (χ1) is 5.65. The van der Waals surface area contributed by atoms with E-state index >= 15 is 0 Å². The Morgan fingerprint density at radius 2 is 2.42 bits per heavy atom. The maximum absolute atomic E-state index is 10.5. The fraction of sp³-hybridized carbons (Fsp3) is 0.125. The van der Waals surface area contributed by atoms with E-state index in [9.17, 15) is 10.1 Å². The number of aryl methyl sites for hydroxylation is 1. The third kappa shape index (κ3) is 1.47. The number of rotatable bonds is 2. The SMILES string of the molecule is C=Cc1ncc(C)cc1[N+](=O)[O-]. The summed E-state index contributed by atoms with van der Waals surface area (Å²) in [5.74, 6) is 0. The summed E-state index contributed by atoms with van der Waals surface area (Å²) in [6, 6.07) is 1.48. The van der Waals surface area contributed by atoms with E-state index in [2.05, 4.69) is 11.6 Å². The summed E-state index contributed by atoms with van der Waals surface area (Å²) < 4.78 is 0. The van der Waals surface area contributed by atoms with Gasteiger partial charge in [-0.1, -0.05) is 6.58 Å². The number of nitro groups is 1. The average molecular weight is 164 g/mol. The van der Waals surface area contributed by atoms with Crippen LogP contribution in [-0.2, 0) is 0 Å². The number of aromatic nitrogens is 1. The van der Waals surface area contributed by atoms with Gasteiger partial charge in [-0.3, -0.25) is 10.1 Å². The van der Waals surface area contributed by atoms with Crippen LogP contribution in [0.25, 0.3) is 6.08 Å². The molecule has 12 heavy (non-hydrogen) atoms.